The fraction of sp³-hybridized carbons (Fsp3) is 0.0714. The number of pyridine rings is 1. The first-order valence-electron chi connectivity index (χ1n) is 5.93. The highest BCUT2D eigenvalue weighted by Gasteiger charge is 2.09. The van der Waals surface area contributed by atoms with Crippen LogP contribution < -0.4 is 0 Å². The molecule has 2 heterocycles. The molecule has 0 spiro atoms. The molecule has 0 fully saturated rings. The zero-order valence-electron chi connectivity index (χ0n) is 10.4. The molecule has 4 nitrogen and oxygen atoms in total. The Balaban J connectivity index is 1.69. The topological polar surface area (TPSA) is 51.8 Å². The molecular formula is C14H10BrN3OS. The molecule has 0 saturated carbocycles. The van der Waals surface area contributed by atoms with Crippen LogP contribution in [-0.4, -0.2) is 15.2 Å². The van der Waals surface area contributed by atoms with Gasteiger partial charge in [-0.25, -0.2) is 4.98 Å². The summed E-state index contributed by atoms with van der Waals surface area (Å²) in [5.41, 5.74) is 0.912. The molecule has 6 heteroatoms. The maximum absolute atomic E-state index is 5.65. The summed E-state index contributed by atoms with van der Waals surface area (Å²) >= 11 is 4.97. The first kappa shape index (κ1) is 13.3. The van der Waals surface area contributed by atoms with Crippen LogP contribution in [0, 0.1) is 0 Å². The van der Waals surface area contributed by atoms with Gasteiger partial charge in [-0.3, -0.25) is 0 Å². The summed E-state index contributed by atoms with van der Waals surface area (Å²) in [4.78, 5) is 4.24. The van der Waals surface area contributed by atoms with Gasteiger partial charge in [0.15, 0.2) is 0 Å². The Kier molecular flexibility index (Phi) is 4.13. The van der Waals surface area contributed by atoms with Gasteiger partial charge >= 0.3 is 0 Å². The molecule has 100 valence electrons. The van der Waals surface area contributed by atoms with Gasteiger partial charge in [-0.2, -0.15) is 0 Å². The monoisotopic (exact) mass is 347 g/mol. The Labute approximate surface area is 128 Å². The van der Waals surface area contributed by atoms with Crippen LogP contribution in [0.15, 0.2) is 62.6 Å². The predicted octanol–water partition coefficient (Wildman–Crippen LogP) is 4.19. The molecule has 0 bridgehead atoms. The van der Waals surface area contributed by atoms with Gasteiger partial charge in [-0.05, 0) is 36.4 Å². The van der Waals surface area contributed by atoms with Crippen molar-refractivity contribution >= 4 is 27.7 Å². The van der Waals surface area contributed by atoms with E-state index < -0.39 is 0 Å². The minimum atomic E-state index is 0.536. The lowest BCUT2D eigenvalue weighted by Gasteiger charge is -1.96. The lowest BCUT2D eigenvalue weighted by atomic mass is 10.2. The second-order valence-electron chi connectivity index (χ2n) is 3.96. The number of nitrogens with zero attached hydrogens (tertiary/aromatic N) is 3. The predicted molar refractivity (Wildman–Crippen MR) is 81.2 cm³/mol. The van der Waals surface area contributed by atoms with Crippen molar-refractivity contribution in [1.82, 2.24) is 15.2 Å². The molecule has 0 amide bonds. The van der Waals surface area contributed by atoms with Crippen molar-refractivity contribution in [3.63, 3.8) is 0 Å². The van der Waals surface area contributed by atoms with E-state index >= 15 is 0 Å². The van der Waals surface area contributed by atoms with Crippen LogP contribution in [-0.2, 0) is 5.75 Å². The Bertz CT molecular complexity index is 685. The van der Waals surface area contributed by atoms with Crippen molar-refractivity contribution in [2.45, 2.75) is 10.8 Å². The van der Waals surface area contributed by atoms with E-state index in [0.717, 1.165) is 15.1 Å². The molecule has 0 N–H and O–H groups in total. The van der Waals surface area contributed by atoms with E-state index in [1.807, 2.05) is 42.5 Å². The van der Waals surface area contributed by atoms with Crippen LogP contribution >= 0.6 is 27.7 Å². The molecule has 0 radical (unpaired) electrons. The number of thioether (sulfide) groups is 1. The number of halogens is 1. The highest BCUT2D eigenvalue weighted by molar-refractivity contribution is 9.10. The third-order valence-corrected chi connectivity index (χ3v) is 4.00. The second kappa shape index (κ2) is 6.19. The third kappa shape index (κ3) is 3.26. The average Bonchev–Trinajstić information content (AvgIpc) is 2.96. The molecular weight excluding hydrogens is 338 g/mol. The molecule has 1 aromatic carbocycles. The molecule has 0 aliphatic carbocycles. The van der Waals surface area contributed by atoms with E-state index in [-0.39, 0.29) is 0 Å². The normalized spacial score (nSPS) is 10.7. The zero-order valence-corrected chi connectivity index (χ0v) is 12.8. The molecule has 0 aliphatic heterocycles. The van der Waals surface area contributed by atoms with Crippen LogP contribution in [0.5, 0.6) is 0 Å². The Morgan fingerprint density at radius 1 is 1.05 bits per heavy atom. The van der Waals surface area contributed by atoms with E-state index in [0.29, 0.717) is 17.5 Å². The Morgan fingerprint density at radius 2 is 1.90 bits per heavy atom. The van der Waals surface area contributed by atoms with Crippen LogP contribution in [0.4, 0.5) is 0 Å². The summed E-state index contributed by atoms with van der Waals surface area (Å²) in [6, 6.07) is 13.6. The summed E-state index contributed by atoms with van der Waals surface area (Å²) in [5, 5.41) is 9.06. The molecule has 0 aliphatic rings. The van der Waals surface area contributed by atoms with E-state index in [1.165, 1.54) is 0 Å². The van der Waals surface area contributed by atoms with Crippen molar-refractivity contribution in [3.05, 3.63) is 59.0 Å². The summed E-state index contributed by atoms with van der Waals surface area (Å²) in [7, 11) is 0. The Morgan fingerprint density at radius 3 is 2.65 bits per heavy atom. The summed E-state index contributed by atoms with van der Waals surface area (Å²) in [5.74, 6) is 1.74. The average molecular weight is 348 g/mol. The third-order valence-electron chi connectivity index (χ3n) is 2.54. The van der Waals surface area contributed by atoms with E-state index in [2.05, 4.69) is 31.1 Å². The first-order chi connectivity index (χ1) is 9.81. The molecule has 0 unspecified atom stereocenters. The number of hydrogen-bond acceptors (Lipinski definition) is 5. The van der Waals surface area contributed by atoms with Gasteiger partial charge in [0.25, 0.3) is 0 Å². The standard InChI is InChI=1S/C14H10BrN3OS/c15-11-6-4-10(5-7-11)14-18-17-12(19-14)9-20-13-3-1-2-8-16-13/h1-8H,9H2. The van der Waals surface area contributed by atoms with Crippen molar-refractivity contribution in [1.29, 1.82) is 0 Å². The number of hydrogen-bond donors (Lipinski definition) is 0. The van der Waals surface area contributed by atoms with E-state index in [9.17, 15) is 0 Å². The fourth-order valence-corrected chi connectivity index (χ4v) is 2.55. The first-order valence-corrected chi connectivity index (χ1v) is 7.71. The van der Waals surface area contributed by atoms with E-state index in [1.54, 1.807) is 18.0 Å². The highest BCUT2D eigenvalue weighted by Crippen LogP contribution is 2.24. The molecule has 0 atom stereocenters. The van der Waals surface area contributed by atoms with Gasteiger partial charge in [0.1, 0.15) is 0 Å². The summed E-state index contributed by atoms with van der Waals surface area (Å²) < 4.78 is 6.67. The van der Waals surface area contributed by atoms with Crippen LogP contribution in [0.25, 0.3) is 11.5 Å². The van der Waals surface area contributed by atoms with Crippen molar-refractivity contribution in [2.24, 2.45) is 0 Å². The van der Waals surface area contributed by atoms with Gasteiger partial charge in [-0.15, -0.1) is 10.2 Å². The quantitative estimate of drug-likeness (QED) is 0.662. The Hall–Kier alpha value is -1.66. The van der Waals surface area contributed by atoms with Crippen LogP contribution in [0.1, 0.15) is 5.89 Å². The molecule has 0 saturated heterocycles. The van der Waals surface area contributed by atoms with Crippen molar-refractivity contribution in [2.75, 3.05) is 0 Å². The minimum absolute atomic E-state index is 0.536. The summed E-state index contributed by atoms with van der Waals surface area (Å²) in [6.07, 6.45) is 1.77. The van der Waals surface area contributed by atoms with Gasteiger partial charge in [0.2, 0.25) is 11.8 Å². The van der Waals surface area contributed by atoms with E-state index in [4.69, 9.17) is 4.42 Å². The lowest BCUT2D eigenvalue weighted by Crippen LogP contribution is -1.82. The minimum Gasteiger partial charge on any atom is -0.420 e. The SMILES string of the molecule is Brc1ccc(-c2nnc(CSc3ccccn3)o2)cc1. The number of aromatic nitrogens is 3. The largest absolute Gasteiger partial charge is 0.420 e. The van der Waals surface area contributed by atoms with Crippen LogP contribution in [0.2, 0.25) is 0 Å². The number of rotatable bonds is 4. The van der Waals surface area contributed by atoms with Crippen molar-refractivity contribution < 1.29 is 4.42 Å². The maximum atomic E-state index is 5.65. The van der Waals surface area contributed by atoms with Crippen molar-refractivity contribution in [3.8, 4) is 11.5 Å². The van der Waals surface area contributed by atoms with Gasteiger partial charge < -0.3 is 4.42 Å². The molecule has 2 aromatic heterocycles. The molecule has 3 rings (SSSR count). The molecule has 20 heavy (non-hydrogen) atoms. The lowest BCUT2D eigenvalue weighted by molar-refractivity contribution is 0.528. The second-order valence-corrected chi connectivity index (χ2v) is 5.88. The fourth-order valence-electron chi connectivity index (χ4n) is 1.59. The van der Waals surface area contributed by atoms with Gasteiger partial charge in [0.05, 0.1) is 10.8 Å². The maximum Gasteiger partial charge on any atom is 0.247 e. The molecule has 3 aromatic rings. The van der Waals surface area contributed by atoms with Gasteiger partial charge in [0, 0.05) is 16.2 Å². The highest BCUT2D eigenvalue weighted by atomic mass is 79.9. The van der Waals surface area contributed by atoms with Gasteiger partial charge in [-0.1, -0.05) is 33.8 Å². The number of benzene rings is 1. The smallest absolute Gasteiger partial charge is 0.247 e. The zero-order chi connectivity index (χ0) is 13.8. The summed E-state index contributed by atoms with van der Waals surface area (Å²) in [6.45, 7) is 0. The van der Waals surface area contributed by atoms with Crippen LogP contribution in [0.3, 0.4) is 0 Å².